The molecule has 0 spiro atoms. The van der Waals surface area contributed by atoms with Crippen LogP contribution in [0.3, 0.4) is 0 Å². The van der Waals surface area contributed by atoms with Crippen LogP contribution >= 0.6 is 0 Å². The molecule has 1 fully saturated rings. The van der Waals surface area contributed by atoms with Crippen LogP contribution in [0.1, 0.15) is 12.8 Å². The van der Waals surface area contributed by atoms with Crippen LogP contribution in [0, 0.1) is 0 Å². The average Bonchev–Trinajstić information content (AvgIpc) is 2.69. The maximum atomic E-state index is 10.7. The van der Waals surface area contributed by atoms with Crippen LogP contribution in [0.5, 0.6) is 0 Å². The number of aliphatic carboxylic acids is 1. The van der Waals surface area contributed by atoms with E-state index in [1.807, 2.05) is 0 Å². The molecule has 1 rings (SSSR count). The van der Waals surface area contributed by atoms with Gasteiger partial charge in [-0.2, -0.15) is 0 Å². The Hall–Kier alpha value is -1.32. The Bertz CT molecular complexity index is 214. The summed E-state index contributed by atoms with van der Waals surface area (Å²) in [6.45, 7) is 3.06. The Labute approximate surface area is 63.5 Å². The first kappa shape index (κ1) is 7.78. The molecule has 11 heavy (non-hydrogen) atoms. The molecule has 1 aliphatic carbocycles. The van der Waals surface area contributed by atoms with E-state index < -0.39 is 17.5 Å². The number of esters is 1. The lowest BCUT2D eigenvalue weighted by atomic mass is 10.3. The summed E-state index contributed by atoms with van der Waals surface area (Å²) in [6.07, 6.45) is 1.59. The summed E-state index contributed by atoms with van der Waals surface area (Å²) in [6, 6.07) is 0. The van der Waals surface area contributed by atoms with Gasteiger partial charge in [-0.15, -0.1) is 0 Å². The molecule has 0 atom stereocenters. The highest BCUT2D eigenvalue weighted by Crippen LogP contribution is 2.24. The van der Waals surface area contributed by atoms with Crippen molar-refractivity contribution in [1.82, 2.24) is 0 Å². The van der Waals surface area contributed by atoms with Gasteiger partial charge in [-0.1, -0.05) is 6.58 Å². The Morgan fingerprint density at radius 2 is 2.00 bits per heavy atom. The van der Waals surface area contributed by atoms with Gasteiger partial charge in [-0.3, -0.25) is 0 Å². The lowest BCUT2D eigenvalue weighted by Gasteiger charge is -2.00. The second-order valence-electron chi connectivity index (χ2n) is 2.39. The van der Waals surface area contributed by atoms with E-state index in [4.69, 9.17) is 5.11 Å². The van der Waals surface area contributed by atoms with Gasteiger partial charge in [0.15, 0.2) is 0 Å². The summed E-state index contributed by atoms with van der Waals surface area (Å²) in [4.78, 5) is 20.9. The number of rotatable bonds is 3. The van der Waals surface area contributed by atoms with E-state index in [2.05, 4.69) is 11.3 Å². The molecule has 0 aliphatic heterocycles. The summed E-state index contributed by atoms with van der Waals surface area (Å²) >= 11 is 0. The molecule has 0 radical (unpaired) electrons. The third kappa shape index (κ3) is 2.07. The van der Waals surface area contributed by atoms with Gasteiger partial charge in [-0.05, 0) is 12.8 Å². The van der Waals surface area contributed by atoms with Crippen LogP contribution in [-0.2, 0) is 14.3 Å². The number of carbonyl (C=O) groups excluding carboxylic acids is 1. The zero-order valence-electron chi connectivity index (χ0n) is 5.87. The minimum atomic E-state index is -1.32. The first-order chi connectivity index (χ1) is 5.11. The molecule has 1 N–H and O–H groups in total. The third-order valence-corrected chi connectivity index (χ3v) is 1.30. The van der Waals surface area contributed by atoms with Gasteiger partial charge >= 0.3 is 11.9 Å². The van der Waals surface area contributed by atoms with E-state index in [-0.39, 0.29) is 6.10 Å². The number of carboxylic acid groups (broad SMARTS) is 1. The highest BCUT2D eigenvalue weighted by atomic mass is 16.5. The van der Waals surface area contributed by atoms with Crippen molar-refractivity contribution in [1.29, 1.82) is 0 Å². The minimum Gasteiger partial charge on any atom is -0.477 e. The van der Waals surface area contributed by atoms with E-state index in [0.29, 0.717) is 0 Å². The van der Waals surface area contributed by atoms with Gasteiger partial charge in [0.1, 0.15) is 11.7 Å². The molecule has 0 bridgehead atoms. The van der Waals surface area contributed by atoms with E-state index >= 15 is 0 Å². The van der Waals surface area contributed by atoms with Crippen molar-refractivity contribution < 1.29 is 19.4 Å². The standard InChI is InChI=1S/C7H8O4/c1-4(6(8)9)7(10)11-5-2-3-5/h5H,1-3H2,(H,8,9). The third-order valence-electron chi connectivity index (χ3n) is 1.30. The van der Waals surface area contributed by atoms with Gasteiger partial charge in [-0.25, -0.2) is 9.59 Å². The zero-order valence-corrected chi connectivity index (χ0v) is 5.87. The molecule has 1 aliphatic rings. The summed E-state index contributed by atoms with van der Waals surface area (Å²) in [5.74, 6) is -2.14. The SMILES string of the molecule is C=C(C(=O)O)C(=O)OC1CC1. The molecule has 0 aromatic rings. The van der Waals surface area contributed by atoms with Crippen molar-refractivity contribution in [3.8, 4) is 0 Å². The first-order valence-electron chi connectivity index (χ1n) is 3.24. The fourth-order valence-corrected chi connectivity index (χ4v) is 0.496. The van der Waals surface area contributed by atoms with Crippen LogP contribution in [0.4, 0.5) is 0 Å². The smallest absolute Gasteiger partial charge is 0.345 e. The molecular formula is C7H8O4. The molecule has 4 nitrogen and oxygen atoms in total. The maximum Gasteiger partial charge on any atom is 0.345 e. The van der Waals surface area contributed by atoms with E-state index in [1.165, 1.54) is 0 Å². The molecule has 0 unspecified atom stereocenters. The van der Waals surface area contributed by atoms with Gasteiger partial charge in [0.25, 0.3) is 0 Å². The number of carbonyl (C=O) groups is 2. The van der Waals surface area contributed by atoms with Crippen molar-refractivity contribution in [2.24, 2.45) is 0 Å². The van der Waals surface area contributed by atoms with Crippen molar-refractivity contribution in [3.63, 3.8) is 0 Å². The molecule has 0 aromatic carbocycles. The zero-order chi connectivity index (χ0) is 8.43. The molecule has 0 saturated heterocycles. The van der Waals surface area contributed by atoms with Crippen molar-refractivity contribution in [3.05, 3.63) is 12.2 Å². The fourth-order valence-electron chi connectivity index (χ4n) is 0.496. The van der Waals surface area contributed by atoms with Crippen molar-refractivity contribution >= 4 is 11.9 Å². The van der Waals surface area contributed by atoms with Crippen molar-refractivity contribution in [2.75, 3.05) is 0 Å². The molecule has 0 amide bonds. The van der Waals surface area contributed by atoms with Crippen LogP contribution in [-0.4, -0.2) is 23.1 Å². The van der Waals surface area contributed by atoms with E-state index in [1.54, 1.807) is 0 Å². The largest absolute Gasteiger partial charge is 0.477 e. The maximum absolute atomic E-state index is 10.7. The Morgan fingerprint density at radius 3 is 2.36 bits per heavy atom. The van der Waals surface area contributed by atoms with Crippen LogP contribution in [0.25, 0.3) is 0 Å². The van der Waals surface area contributed by atoms with Crippen LogP contribution in [0.2, 0.25) is 0 Å². The number of hydrogen-bond acceptors (Lipinski definition) is 3. The molecule has 60 valence electrons. The quantitative estimate of drug-likeness (QED) is 0.277. The Kier molecular flexibility index (Phi) is 1.94. The number of ether oxygens (including phenoxy) is 1. The second kappa shape index (κ2) is 2.74. The lowest BCUT2D eigenvalue weighted by Crippen LogP contribution is -2.15. The van der Waals surface area contributed by atoms with Gasteiger partial charge in [0.2, 0.25) is 0 Å². The molecule has 0 aromatic heterocycles. The van der Waals surface area contributed by atoms with Gasteiger partial charge in [0, 0.05) is 0 Å². The van der Waals surface area contributed by atoms with Crippen molar-refractivity contribution in [2.45, 2.75) is 18.9 Å². The van der Waals surface area contributed by atoms with Crippen LogP contribution in [0.15, 0.2) is 12.2 Å². The van der Waals surface area contributed by atoms with Crippen LogP contribution < -0.4 is 0 Å². The number of carboxylic acids is 1. The molecule has 1 saturated carbocycles. The molecule has 0 heterocycles. The molecule has 4 heteroatoms. The predicted molar refractivity (Wildman–Crippen MR) is 35.9 cm³/mol. The monoisotopic (exact) mass is 156 g/mol. The highest BCUT2D eigenvalue weighted by molar-refractivity contribution is 6.12. The average molecular weight is 156 g/mol. The normalized spacial score (nSPS) is 15.6. The Morgan fingerprint density at radius 1 is 1.45 bits per heavy atom. The van der Waals surface area contributed by atoms with Gasteiger partial charge < -0.3 is 9.84 Å². The summed E-state index contributed by atoms with van der Waals surface area (Å²) in [7, 11) is 0. The van der Waals surface area contributed by atoms with E-state index in [9.17, 15) is 9.59 Å². The lowest BCUT2D eigenvalue weighted by molar-refractivity contribution is -0.145. The second-order valence-corrected chi connectivity index (χ2v) is 2.39. The minimum absolute atomic E-state index is 0.0707. The van der Waals surface area contributed by atoms with E-state index in [0.717, 1.165) is 12.8 Å². The summed E-state index contributed by atoms with van der Waals surface area (Å²) in [5, 5.41) is 8.29. The number of hydrogen-bond donors (Lipinski definition) is 1. The Balaban J connectivity index is 2.39. The summed E-state index contributed by atoms with van der Waals surface area (Å²) < 4.78 is 4.67. The van der Waals surface area contributed by atoms with Gasteiger partial charge in [0.05, 0.1) is 0 Å². The molecular weight excluding hydrogens is 148 g/mol. The first-order valence-corrected chi connectivity index (χ1v) is 3.24. The fraction of sp³-hybridized carbons (Fsp3) is 0.429. The highest BCUT2D eigenvalue weighted by Gasteiger charge is 2.28. The topological polar surface area (TPSA) is 63.6 Å². The summed E-state index contributed by atoms with van der Waals surface area (Å²) in [5.41, 5.74) is -0.503. The predicted octanol–water partition coefficient (Wildman–Crippen LogP) is 0.333.